The number of rotatable bonds is 7. The summed E-state index contributed by atoms with van der Waals surface area (Å²) in [4.78, 5) is 0. The van der Waals surface area contributed by atoms with Crippen molar-refractivity contribution in [3.8, 4) is 23.0 Å². The largest absolute Gasteiger partial charge is 0.504 e. The molecule has 0 aliphatic carbocycles. The normalized spacial score (nSPS) is 10.6. The maximum Gasteiger partial charge on any atom is 0.166 e. The molecule has 0 heterocycles. The Morgan fingerprint density at radius 3 is 2.24 bits per heavy atom. The number of fused-ring (bicyclic) bond motifs is 1. The molecule has 0 spiro atoms. The molecule has 2 aromatic rings. The van der Waals surface area contributed by atoms with Gasteiger partial charge in [0.25, 0.3) is 0 Å². The number of hydrogen-bond acceptors (Lipinski definition) is 4. The molecule has 0 bridgehead atoms. The summed E-state index contributed by atoms with van der Waals surface area (Å²) in [6, 6.07) is 7.28. The lowest BCUT2D eigenvalue weighted by molar-refractivity contribution is 0.291. The standard InChI is InChI=1S/C17H22O4/c1-4-9-20-14-11-15(21-10-5-2)17(18)12-7-6-8-13(19-3)16(12)14/h6-8,11,18H,4-5,9-10H2,1-3H3. The van der Waals surface area contributed by atoms with E-state index in [0.29, 0.717) is 35.8 Å². The second kappa shape index (κ2) is 7.07. The molecule has 2 rings (SSSR count). The van der Waals surface area contributed by atoms with Gasteiger partial charge in [0.2, 0.25) is 0 Å². The Balaban J connectivity index is 2.60. The molecule has 0 aromatic heterocycles. The third-order valence-corrected chi connectivity index (χ3v) is 3.17. The second-order valence-corrected chi connectivity index (χ2v) is 4.80. The van der Waals surface area contributed by atoms with Gasteiger partial charge in [0, 0.05) is 11.5 Å². The first kappa shape index (κ1) is 15.3. The van der Waals surface area contributed by atoms with Gasteiger partial charge in [0.05, 0.1) is 25.7 Å². The third-order valence-electron chi connectivity index (χ3n) is 3.17. The summed E-state index contributed by atoms with van der Waals surface area (Å²) in [6.45, 7) is 5.23. The minimum absolute atomic E-state index is 0.126. The van der Waals surface area contributed by atoms with Crippen LogP contribution in [0.2, 0.25) is 0 Å². The van der Waals surface area contributed by atoms with Crippen molar-refractivity contribution in [2.75, 3.05) is 20.3 Å². The van der Waals surface area contributed by atoms with E-state index in [-0.39, 0.29) is 5.75 Å². The smallest absolute Gasteiger partial charge is 0.166 e. The molecule has 0 atom stereocenters. The van der Waals surface area contributed by atoms with Crippen molar-refractivity contribution >= 4 is 10.8 Å². The Morgan fingerprint density at radius 1 is 0.952 bits per heavy atom. The molecule has 0 saturated carbocycles. The second-order valence-electron chi connectivity index (χ2n) is 4.80. The highest BCUT2D eigenvalue weighted by Gasteiger charge is 2.16. The molecule has 0 amide bonds. The monoisotopic (exact) mass is 290 g/mol. The molecule has 0 saturated heterocycles. The Hall–Kier alpha value is -2.10. The highest BCUT2D eigenvalue weighted by Crippen LogP contribution is 2.44. The SMILES string of the molecule is CCCOc1cc(OCCC)c2c(OC)cccc2c1O. The highest BCUT2D eigenvalue weighted by molar-refractivity contribution is 5.99. The minimum Gasteiger partial charge on any atom is -0.504 e. The highest BCUT2D eigenvalue weighted by atomic mass is 16.5. The summed E-state index contributed by atoms with van der Waals surface area (Å²) in [5.41, 5.74) is 0. The fourth-order valence-corrected chi connectivity index (χ4v) is 2.19. The van der Waals surface area contributed by atoms with Crippen molar-refractivity contribution in [1.29, 1.82) is 0 Å². The van der Waals surface area contributed by atoms with E-state index in [0.717, 1.165) is 18.2 Å². The van der Waals surface area contributed by atoms with E-state index < -0.39 is 0 Å². The summed E-state index contributed by atoms with van der Waals surface area (Å²) >= 11 is 0. The summed E-state index contributed by atoms with van der Waals surface area (Å²) < 4.78 is 16.8. The van der Waals surface area contributed by atoms with E-state index in [2.05, 4.69) is 0 Å². The summed E-state index contributed by atoms with van der Waals surface area (Å²) in [6.07, 6.45) is 1.78. The number of phenolic OH excluding ortho intramolecular Hbond substituents is 1. The van der Waals surface area contributed by atoms with Crippen molar-refractivity contribution in [3.05, 3.63) is 24.3 Å². The number of benzene rings is 2. The van der Waals surface area contributed by atoms with Crippen LogP contribution in [0, 0.1) is 0 Å². The average Bonchev–Trinajstić information content (AvgIpc) is 2.52. The van der Waals surface area contributed by atoms with E-state index in [9.17, 15) is 5.11 Å². The number of ether oxygens (including phenoxy) is 3. The molecule has 0 fully saturated rings. The fraction of sp³-hybridized carbons (Fsp3) is 0.412. The van der Waals surface area contributed by atoms with Gasteiger partial charge in [0.1, 0.15) is 11.5 Å². The summed E-state index contributed by atoms with van der Waals surface area (Å²) in [5, 5.41) is 11.9. The van der Waals surface area contributed by atoms with Crippen LogP contribution in [0.25, 0.3) is 10.8 Å². The Labute approximate surface area is 125 Å². The van der Waals surface area contributed by atoms with Gasteiger partial charge < -0.3 is 19.3 Å². The van der Waals surface area contributed by atoms with Gasteiger partial charge in [-0.05, 0) is 18.9 Å². The van der Waals surface area contributed by atoms with Crippen LogP contribution >= 0.6 is 0 Å². The fourth-order valence-electron chi connectivity index (χ4n) is 2.19. The Morgan fingerprint density at radius 2 is 1.62 bits per heavy atom. The number of phenols is 1. The molecule has 0 radical (unpaired) electrons. The predicted octanol–water partition coefficient (Wildman–Crippen LogP) is 4.13. The van der Waals surface area contributed by atoms with Gasteiger partial charge in [-0.25, -0.2) is 0 Å². The first-order valence-corrected chi connectivity index (χ1v) is 7.31. The molecule has 2 aromatic carbocycles. The van der Waals surface area contributed by atoms with E-state index in [1.54, 1.807) is 13.2 Å². The zero-order valence-corrected chi connectivity index (χ0v) is 12.8. The molecule has 4 nitrogen and oxygen atoms in total. The van der Waals surface area contributed by atoms with Crippen molar-refractivity contribution in [2.24, 2.45) is 0 Å². The lowest BCUT2D eigenvalue weighted by Crippen LogP contribution is -2.00. The van der Waals surface area contributed by atoms with E-state index >= 15 is 0 Å². The molecular formula is C17H22O4. The number of hydrogen-bond donors (Lipinski definition) is 1. The van der Waals surface area contributed by atoms with Crippen LogP contribution in [0.4, 0.5) is 0 Å². The van der Waals surface area contributed by atoms with Gasteiger partial charge in [-0.1, -0.05) is 26.0 Å². The quantitative estimate of drug-likeness (QED) is 0.833. The molecule has 114 valence electrons. The van der Waals surface area contributed by atoms with Crippen molar-refractivity contribution in [1.82, 2.24) is 0 Å². The molecule has 0 aliphatic heterocycles. The van der Waals surface area contributed by atoms with E-state index in [1.165, 1.54) is 0 Å². The van der Waals surface area contributed by atoms with Crippen LogP contribution in [0.1, 0.15) is 26.7 Å². The summed E-state index contributed by atoms with van der Waals surface area (Å²) in [5.74, 6) is 1.93. The maximum atomic E-state index is 10.4. The predicted molar refractivity (Wildman–Crippen MR) is 83.7 cm³/mol. The van der Waals surface area contributed by atoms with Crippen LogP contribution in [0.3, 0.4) is 0 Å². The van der Waals surface area contributed by atoms with Crippen LogP contribution in [0.15, 0.2) is 24.3 Å². The van der Waals surface area contributed by atoms with E-state index in [4.69, 9.17) is 14.2 Å². The van der Waals surface area contributed by atoms with Gasteiger partial charge >= 0.3 is 0 Å². The number of aromatic hydroxyl groups is 1. The van der Waals surface area contributed by atoms with Gasteiger partial charge in [-0.3, -0.25) is 0 Å². The minimum atomic E-state index is 0.126. The number of methoxy groups -OCH3 is 1. The maximum absolute atomic E-state index is 10.4. The van der Waals surface area contributed by atoms with Gasteiger partial charge in [-0.15, -0.1) is 0 Å². The zero-order chi connectivity index (χ0) is 15.2. The van der Waals surface area contributed by atoms with Gasteiger partial charge in [-0.2, -0.15) is 0 Å². The van der Waals surface area contributed by atoms with Crippen molar-refractivity contribution in [2.45, 2.75) is 26.7 Å². The average molecular weight is 290 g/mol. The third kappa shape index (κ3) is 3.15. The molecule has 1 N–H and O–H groups in total. The van der Waals surface area contributed by atoms with Crippen LogP contribution in [-0.4, -0.2) is 25.4 Å². The first-order valence-electron chi connectivity index (χ1n) is 7.31. The molecule has 4 heteroatoms. The summed E-state index contributed by atoms with van der Waals surface area (Å²) in [7, 11) is 1.61. The van der Waals surface area contributed by atoms with Gasteiger partial charge in [0.15, 0.2) is 11.5 Å². The Kier molecular flexibility index (Phi) is 5.14. The van der Waals surface area contributed by atoms with Crippen LogP contribution < -0.4 is 14.2 Å². The Bertz CT molecular complexity index is 607. The lowest BCUT2D eigenvalue weighted by atomic mass is 10.1. The van der Waals surface area contributed by atoms with Crippen molar-refractivity contribution in [3.63, 3.8) is 0 Å². The zero-order valence-electron chi connectivity index (χ0n) is 12.8. The van der Waals surface area contributed by atoms with E-state index in [1.807, 2.05) is 32.0 Å². The topological polar surface area (TPSA) is 47.9 Å². The van der Waals surface area contributed by atoms with Crippen molar-refractivity contribution < 1.29 is 19.3 Å². The molecule has 0 unspecified atom stereocenters. The molecule has 21 heavy (non-hydrogen) atoms. The van der Waals surface area contributed by atoms with Crippen LogP contribution in [-0.2, 0) is 0 Å². The first-order chi connectivity index (χ1) is 10.2. The lowest BCUT2D eigenvalue weighted by Gasteiger charge is -2.16. The van der Waals surface area contributed by atoms with Crippen LogP contribution in [0.5, 0.6) is 23.0 Å². The molecule has 0 aliphatic rings. The molecular weight excluding hydrogens is 268 g/mol.